The van der Waals surface area contributed by atoms with Gasteiger partial charge in [-0.1, -0.05) is 33.6 Å². The summed E-state index contributed by atoms with van der Waals surface area (Å²) in [6.45, 7) is 0.268. The summed E-state index contributed by atoms with van der Waals surface area (Å²) in [6, 6.07) is 8.20. The lowest BCUT2D eigenvalue weighted by molar-refractivity contribution is 0.302. The van der Waals surface area contributed by atoms with Crippen LogP contribution in [0.25, 0.3) is 0 Å². The van der Waals surface area contributed by atoms with Crippen molar-refractivity contribution < 1.29 is 9.13 Å². The average Bonchev–Trinajstić information content (AvgIpc) is 2.39. The fourth-order valence-electron chi connectivity index (χ4n) is 1.62. The van der Waals surface area contributed by atoms with Crippen LogP contribution in [0.2, 0.25) is 5.02 Å². The number of hydrogen-bond donors (Lipinski definition) is 0. The second-order valence-electron chi connectivity index (χ2n) is 4.05. The summed E-state index contributed by atoms with van der Waals surface area (Å²) in [6.07, 6.45) is 0. The van der Waals surface area contributed by atoms with E-state index in [9.17, 15) is 4.39 Å². The first-order valence-electron chi connectivity index (χ1n) is 5.62. The zero-order chi connectivity index (χ0) is 14.7. The van der Waals surface area contributed by atoms with Gasteiger partial charge in [0.05, 0.1) is 14.0 Å². The molecule has 2 aromatic rings. The number of benzene rings is 2. The summed E-state index contributed by atoms with van der Waals surface area (Å²) in [5, 5.41) is 1.11. The standard InChI is InChI=1S/C14H9Br3ClFO/c15-6-8-3-11(16)14(12(17)4-8)20-7-9-1-2-10(19)5-13(9)18/h1-5H,6-7H2. The Kier molecular flexibility index (Phi) is 5.90. The number of alkyl halides is 1. The van der Waals surface area contributed by atoms with E-state index < -0.39 is 0 Å². The molecule has 0 N–H and O–H groups in total. The Bertz CT molecular complexity index is 611. The maximum Gasteiger partial charge on any atom is 0.148 e. The zero-order valence-corrected chi connectivity index (χ0v) is 15.6. The van der Waals surface area contributed by atoms with Gasteiger partial charge in [-0.25, -0.2) is 4.39 Å². The Labute approximate surface area is 146 Å². The first kappa shape index (κ1) is 16.3. The minimum atomic E-state index is -0.359. The molecule has 2 aromatic carbocycles. The van der Waals surface area contributed by atoms with E-state index in [1.54, 1.807) is 6.07 Å². The highest BCUT2D eigenvalue weighted by molar-refractivity contribution is 9.11. The Hall–Kier alpha value is -0.100. The third-order valence-corrected chi connectivity index (χ3v) is 4.78. The summed E-state index contributed by atoms with van der Waals surface area (Å²) in [7, 11) is 0. The van der Waals surface area contributed by atoms with Crippen molar-refractivity contribution in [2.24, 2.45) is 0 Å². The van der Waals surface area contributed by atoms with Crippen molar-refractivity contribution in [2.75, 3.05) is 0 Å². The highest BCUT2D eigenvalue weighted by Gasteiger charge is 2.10. The summed E-state index contributed by atoms with van der Waals surface area (Å²) in [4.78, 5) is 0. The molecule has 0 fully saturated rings. The molecule has 0 spiro atoms. The molecular formula is C14H9Br3ClFO. The Morgan fingerprint density at radius 2 is 1.75 bits per heavy atom. The van der Waals surface area contributed by atoms with Gasteiger partial charge in [-0.15, -0.1) is 0 Å². The van der Waals surface area contributed by atoms with E-state index >= 15 is 0 Å². The van der Waals surface area contributed by atoms with Crippen LogP contribution >= 0.6 is 59.4 Å². The molecule has 0 aliphatic heterocycles. The first-order valence-corrected chi connectivity index (χ1v) is 8.70. The molecule has 20 heavy (non-hydrogen) atoms. The van der Waals surface area contributed by atoms with Crippen LogP contribution in [0.3, 0.4) is 0 Å². The van der Waals surface area contributed by atoms with Crippen LogP contribution in [0.1, 0.15) is 11.1 Å². The molecule has 2 rings (SSSR count). The number of hydrogen-bond acceptors (Lipinski definition) is 1. The normalized spacial score (nSPS) is 10.7. The molecule has 0 unspecified atom stereocenters. The maximum absolute atomic E-state index is 13.0. The molecular weight excluding hydrogens is 478 g/mol. The molecule has 0 bridgehead atoms. The molecule has 0 aliphatic carbocycles. The lowest BCUT2D eigenvalue weighted by Gasteiger charge is -2.12. The maximum atomic E-state index is 13.0. The topological polar surface area (TPSA) is 9.23 Å². The van der Waals surface area contributed by atoms with Crippen LogP contribution in [-0.2, 0) is 11.9 Å². The second-order valence-corrected chi connectivity index (χ2v) is 6.72. The molecule has 0 amide bonds. The van der Waals surface area contributed by atoms with Gasteiger partial charge in [0.2, 0.25) is 0 Å². The third-order valence-electron chi connectivity index (χ3n) is 2.60. The van der Waals surface area contributed by atoms with Gasteiger partial charge in [-0.2, -0.15) is 0 Å². The lowest BCUT2D eigenvalue weighted by atomic mass is 10.2. The van der Waals surface area contributed by atoms with Gasteiger partial charge in [-0.3, -0.25) is 0 Å². The molecule has 6 heteroatoms. The van der Waals surface area contributed by atoms with Gasteiger partial charge in [0.15, 0.2) is 0 Å². The van der Waals surface area contributed by atoms with Crippen LogP contribution in [0.5, 0.6) is 5.75 Å². The molecule has 0 saturated carbocycles. The van der Waals surface area contributed by atoms with E-state index in [1.807, 2.05) is 12.1 Å². The monoisotopic (exact) mass is 484 g/mol. The van der Waals surface area contributed by atoms with Crippen LogP contribution in [0.4, 0.5) is 4.39 Å². The predicted molar refractivity (Wildman–Crippen MR) is 90.2 cm³/mol. The summed E-state index contributed by atoms with van der Waals surface area (Å²) >= 11 is 16.3. The largest absolute Gasteiger partial charge is 0.486 e. The van der Waals surface area contributed by atoms with Crippen LogP contribution in [0.15, 0.2) is 39.3 Å². The van der Waals surface area contributed by atoms with Gasteiger partial charge in [0.1, 0.15) is 18.2 Å². The summed E-state index contributed by atoms with van der Waals surface area (Å²) in [5.41, 5.74) is 1.85. The summed E-state index contributed by atoms with van der Waals surface area (Å²) < 4.78 is 20.4. The molecule has 0 saturated heterocycles. The summed E-state index contributed by atoms with van der Waals surface area (Å²) in [5.74, 6) is 0.331. The highest BCUT2D eigenvalue weighted by atomic mass is 79.9. The van der Waals surface area contributed by atoms with Crippen molar-refractivity contribution in [1.82, 2.24) is 0 Å². The number of halogens is 5. The number of ether oxygens (including phenoxy) is 1. The predicted octanol–water partition coefficient (Wildman–Crippen LogP) is 6.48. The van der Waals surface area contributed by atoms with Crippen molar-refractivity contribution in [1.29, 1.82) is 0 Å². The van der Waals surface area contributed by atoms with Crippen LogP contribution in [0, 0.1) is 5.82 Å². The van der Waals surface area contributed by atoms with E-state index in [0.717, 1.165) is 25.4 Å². The lowest BCUT2D eigenvalue weighted by Crippen LogP contribution is -1.98. The van der Waals surface area contributed by atoms with Crippen molar-refractivity contribution in [3.63, 3.8) is 0 Å². The van der Waals surface area contributed by atoms with Gasteiger partial charge >= 0.3 is 0 Å². The first-order chi connectivity index (χ1) is 9.51. The quantitative estimate of drug-likeness (QED) is 0.449. The zero-order valence-electron chi connectivity index (χ0n) is 10.1. The van der Waals surface area contributed by atoms with E-state index in [2.05, 4.69) is 47.8 Å². The van der Waals surface area contributed by atoms with E-state index in [4.69, 9.17) is 16.3 Å². The molecule has 0 atom stereocenters. The third kappa shape index (κ3) is 3.97. The molecule has 1 nitrogen and oxygen atoms in total. The number of rotatable bonds is 4. The van der Waals surface area contributed by atoms with Gasteiger partial charge in [0, 0.05) is 10.9 Å². The Morgan fingerprint density at radius 3 is 2.30 bits per heavy atom. The molecule has 106 valence electrons. The second kappa shape index (κ2) is 7.25. The molecule has 0 aliphatic rings. The SMILES string of the molecule is Fc1ccc(COc2c(Br)cc(CBr)cc2Br)c(Cl)c1. The Morgan fingerprint density at radius 1 is 1.10 bits per heavy atom. The smallest absolute Gasteiger partial charge is 0.148 e. The minimum absolute atomic E-state index is 0.268. The van der Waals surface area contributed by atoms with Gasteiger partial charge in [0.25, 0.3) is 0 Å². The molecule has 0 aromatic heterocycles. The van der Waals surface area contributed by atoms with Crippen molar-refractivity contribution in [3.8, 4) is 5.75 Å². The van der Waals surface area contributed by atoms with E-state index in [0.29, 0.717) is 10.8 Å². The van der Waals surface area contributed by atoms with Crippen molar-refractivity contribution in [3.05, 3.63) is 61.2 Å². The molecule has 0 heterocycles. The van der Waals surface area contributed by atoms with Crippen LogP contribution < -0.4 is 4.74 Å². The highest BCUT2D eigenvalue weighted by Crippen LogP contribution is 2.36. The van der Waals surface area contributed by atoms with E-state index in [-0.39, 0.29) is 12.4 Å². The fraction of sp³-hybridized carbons (Fsp3) is 0.143. The molecule has 0 radical (unpaired) electrons. The fourth-order valence-corrected chi connectivity index (χ4v) is 3.67. The minimum Gasteiger partial charge on any atom is -0.486 e. The van der Waals surface area contributed by atoms with E-state index in [1.165, 1.54) is 12.1 Å². The van der Waals surface area contributed by atoms with Gasteiger partial charge in [-0.05, 0) is 61.7 Å². The van der Waals surface area contributed by atoms with Gasteiger partial charge < -0.3 is 4.74 Å². The average molecular weight is 487 g/mol. The Balaban J connectivity index is 2.19. The van der Waals surface area contributed by atoms with Crippen LogP contribution in [-0.4, -0.2) is 0 Å². The van der Waals surface area contributed by atoms with Crippen molar-refractivity contribution >= 4 is 59.4 Å². The van der Waals surface area contributed by atoms with Crippen molar-refractivity contribution in [2.45, 2.75) is 11.9 Å².